The second kappa shape index (κ2) is 3.00. The average molecular weight is 250 g/mol. The molecular weight excluding hydrogens is 243 g/mol. The van der Waals surface area contributed by atoms with Crippen molar-refractivity contribution >= 4 is 34.4 Å². The van der Waals surface area contributed by atoms with E-state index in [4.69, 9.17) is 5.73 Å². The zero-order valence-corrected chi connectivity index (χ0v) is 7.58. The van der Waals surface area contributed by atoms with Gasteiger partial charge in [-0.25, -0.2) is 4.98 Å². The Morgan fingerprint density at radius 1 is 1.70 bits per heavy atom. The third-order valence-corrected chi connectivity index (χ3v) is 1.79. The van der Waals surface area contributed by atoms with Crippen molar-refractivity contribution in [1.29, 1.82) is 0 Å². The maximum atomic E-state index is 5.34. The molecule has 4 nitrogen and oxygen atoms in total. The molecular formula is C5H7IN4. The largest absolute Gasteiger partial charge is 0.372 e. The van der Waals surface area contributed by atoms with E-state index in [0.29, 0.717) is 5.95 Å². The molecule has 0 aliphatic heterocycles. The van der Waals surface area contributed by atoms with E-state index in [-0.39, 0.29) is 0 Å². The summed E-state index contributed by atoms with van der Waals surface area (Å²) in [5.74, 6) is 1.07. The van der Waals surface area contributed by atoms with Crippen molar-refractivity contribution in [3.63, 3.8) is 0 Å². The molecule has 0 amide bonds. The molecule has 1 heterocycles. The molecule has 0 bridgehead atoms. The smallest absolute Gasteiger partial charge is 0.221 e. The lowest BCUT2D eigenvalue weighted by Crippen LogP contribution is -2.01. The van der Waals surface area contributed by atoms with Gasteiger partial charge in [0.25, 0.3) is 0 Å². The third kappa shape index (κ3) is 1.47. The van der Waals surface area contributed by atoms with Gasteiger partial charge in [-0.2, -0.15) is 4.98 Å². The Balaban J connectivity index is 3.09. The quantitative estimate of drug-likeness (QED) is 0.720. The molecule has 10 heavy (non-hydrogen) atoms. The highest BCUT2D eigenvalue weighted by Crippen LogP contribution is 2.13. The average Bonchev–Trinajstić information content (AvgIpc) is 1.94. The summed E-state index contributed by atoms with van der Waals surface area (Å²) in [6, 6.07) is 0. The number of nitrogens with one attached hydrogen (secondary N) is 1. The Morgan fingerprint density at radius 2 is 2.40 bits per heavy atom. The van der Waals surface area contributed by atoms with E-state index in [0.717, 1.165) is 9.39 Å². The van der Waals surface area contributed by atoms with Crippen molar-refractivity contribution < 1.29 is 0 Å². The first-order valence-corrected chi connectivity index (χ1v) is 3.77. The number of nitrogens with two attached hydrogens (primary N) is 1. The molecule has 0 unspecified atom stereocenters. The van der Waals surface area contributed by atoms with Gasteiger partial charge in [-0.1, -0.05) is 0 Å². The number of aromatic nitrogens is 2. The van der Waals surface area contributed by atoms with Crippen LogP contribution in [-0.4, -0.2) is 17.0 Å². The van der Waals surface area contributed by atoms with Crippen molar-refractivity contribution in [3.8, 4) is 0 Å². The molecule has 1 aromatic heterocycles. The zero-order valence-electron chi connectivity index (χ0n) is 5.43. The predicted molar refractivity (Wildman–Crippen MR) is 48.7 cm³/mol. The Morgan fingerprint density at radius 3 is 2.90 bits per heavy atom. The molecule has 1 aromatic rings. The van der Waals surface area contributed by atoms with E-state index in [1.807, 2.05) is 0 Å². The number of nitrogen functional groups attached to an aromatic ring is 1. The van der Waals surface area contributed by atoms with Gasteiger partial charge in [-0.3, -0.25) is 0 Å². The van der Waals surface area contributed by atoms with Gasteiger partial charge in [-0.15, -0.1) is 0 Å². The van der Waals surface area contributed by atoms with Crippen molar-refractivity contribution in [2.45, 2.75) is 0 Å². The van der Waals surface area contributed by atoms with Gasteiger partial charge in [0.05, 0.1) is 3.57 Å². The van der Waals surface area contributed by atoms with Crippen LogP contribution in [0, 0.1) is 3.57 Å². The molecule has 0 aliphatic rings. The maximum Gasteiger partial charge on any atom is 0.221 e. The summed E-state index contributed by atoms with van der Waals surface area (Å²) >= 11 is 2.13. The lowest BCUT2D eigenvalue weighted by atomic mass is 10.6. The van der Waals surface area contributed by atoms with Crippen molar-refractivity contribution in [2.75, 3.05) is 18.1 Å². The lowest BCUT2D eigenvalue weighted by Gasteiger charge is -2.00. The maximum absolute atomic E-state index is 5.34. The monoisotopic (exact) mass is 250 g/mol. The molecule has 0 aliphatic carbocycles. The first kappa shape index (κ1) is 7.52. The van der Waals surface area contributed by atoms with Gasteiger partial charge in [0.1, 0.15) is 5.82 Å². The minimum Gasteiger partial charge on any atom is -0.372 e. The molecule has 0 aromatic carbocycles. The minimum atomic E-state index is 0.296. The van der Waals surface area contributed by atoms with Crippen LogP contribution in [0.5, 0.6) is 0 Å². The molecule has 0 spiro atoms. The molecule has 0 saturated carbocycles. The molecule has 0 radical (unpaired) electrons. The summed E-state index contributed by atoms with van der Waals surface area (Å²) in [7, 11) is 1.80. The van der Waals surface area contributed by atoms with Crippen LogP contribution < -0.4 is 11.1 Å². The van der Waals surface area contributed by atoms with Crippen LogP contribution in [0.1, 0.15) is 0 Å². The number of hydrogen-bond acceptors (Lipinski definition) is 4. The van der Waals surface area contributed by atoms with E-state index in [1.54, 1.807) is 13.2 Å². The molecule has 54 valence electrons. The number of anilines is 2. The third-order valence-electron chi connectivity index (χ3n) is 1.000. The number of nitrogens with zero attached hydrogens (tertiary/aromatic N) is 2. The molecule has 0 saturated heterocycles. The predicted octanol–water partition coefficient (Wildman–Crippen LogP) is 0.705. The molecule has 3 N–H and O–H groups in total. The summed E-state index contributed by atoms with van der Waals surface area (Å²) in [5.41, 5.74) is 5.34. The summed E-state index contributed by atoms with van der Waals surface area (Å²) < 4.78 is 0.967. The van der Waals surface area contributed by atoms with Gasteiger partial charge in [0.15, 0.2) is 0 Å². The van der Waals surface area contributed by atoms with E-state index < -0.39 is 0 Å². The van der Waals surface area contributed by atoms with Crippen LogP contribution in [-0.2, 0) is 0 Å². The Labute approximate surface area is 72.4 Å². The second-order valence-corrected chi connectivity index (χ2v) is 2.84. The van der Waals surface area contributed by atoms with Crippen LogP contribution in [0.2, 0.25) is 0 Å². The summed E-state index contributed by atoms with van der Waals surface area (Å²) in [5, 5.41) is 2.90. The summed E-state index contributed by atoms with van der Waals surface area (Å²) in [4.78, 5) is 7.75. The fourth-order valence-electron chi connectivity index (χ4n) is 0.556. The highest BCUT2D eigenvalue weighted by Gasteiger charge is 1.98. The number of halogens is 1. The Kier molecular flexibility index (Phi) is 2.25. The van der Waals surface area contributed by atoms with Crippen molar-refractivity contribution in [2.24, 2.45) is 0 Å². The van der Waals surface area contributed by atoms with Crippen molar-refractivity contribution in [3.05, 3.63) is 9.77 Å². The van der Waals surface area contributed by atoms with E-state index >= 15 is 0 Å². The van der Waals surface area contributed by atoms with Crippen LogP contribution >= 0.6 is 22.6 Å². The first-order chi connectivity index (χ1) is 4.74. The summed E-state index contributed by atoms with van der Waals surface area (Å²) in [6.45, 7) is 0. The Bertz CT molecular complexity index is 237. The van der Waals surface area contributed by atoms with Crippen LogP contribution in [0.3, 0.4) is 0 Å². The van der Waals surface area contributed by atoms with Gasteiger partial charge in [0.2, 0.25) is 5.95 Å². The minimum absolute atomic E-state index is 0.296. The fraction of sp³-hybridized carbons (Fsp3) is 0.200. The highest BCUT2D eigenvalue weighted by molar-refractivity contribution is 14.1. The van der Waals surface area contributed by atoms with Crippen LogP contribution in [0.25, 0.3) is 0 Å². The fourth-order valence-corrected chi connectivity index (χ4v) is 1.09. The normalized spacial score (nSPS) is 9.40. The molecule has 0 fully saturated rings. The first-order valence-electron chi connectivity index (χ1n) is 2.70. The van der Waals surface area contributed by atoms with Gasteiger partial charge >= 0.3 is 0 Å². The van der Waals surface area contributed by atoms with E-state index in [1.165, 1.54) is 0 Å². The van der Waals surface area contributed by atoms with E-state index in [2.05, 4.69) is 37.9 Å². The SMILES string of the molecule is CNc1nc(N)ncc1I. The topological polar surface area (TPSA) is 63.8 Å². The van der Waals surface area contributed by atoms with Gasteiger partial charge < -0.3 is 11.1 Å². The number of hydrogen-bond donors (Lipinski definition) is 2. The van der Waals surface area contributed by atoms with Gasteiger partial charge in [-0.05, 0) is 22.6 Å². The van der Waals surface area contributed by atoms with Crippen molar-refractivity contribution in [1.82, 2.24) is 9.97 Å². The second-order valence-electron chi connectivity index (χ2n) is 1.67. The number of rotatable bonds is 1. The molecule has 1 rings (SSSR count). The molecule has 5 heteroatoms. The highest BCUT2D eigenvalue weighted by atomic mass is 127. The lowest BCUT2D eigenvalue weighted by molar-refractivity contribution is 1.16. The van der Waals surface area contributed by atoms with Gasteiger partial charge in [0, 0.05) is 13.2 Å². The Hall–Kier alpha value is -0.590. The van der Waals surface area contributed by atoms with Crippen LogP contribution in [0.15, 0.2) is 6.20 Å². The van der Waals surface area contributed by atoms with E-state index in [9.17, 15) is 0 Å². The summed E-state index contributed by atoms with van der Waals surface area (Å²) in [6.07, 6.45) is 1.68. The molecule has 0 atom stereocenters. The standard InChI is InChI=1S/C5H7IN4/c1-8-4-3(6)2-9-5(7)10-4/h2H,1H3,(H3,7,8,9,10). The zero-order chi connectivity index (χ0) is 7.56. The van der Waals surface area contributed by atoms with Crippen LogP contribution in [0.4, 0.5) is 11.8 Å².